The zero-order valence-electron chi connectivity index (χ0n) is 12.0. The van der Waals surface area contributed by atoms with Crippen LogP contribution in [0.2, 0.25) is 0 Å². The highest BCUT2D eigenvalue weighted by Crippen LogP contribution is 2.22. The van der Waals surface area contributed by atoms with Crippen LogP contribution in [0.4, 0.5) is 11.6 Å². The van der Waals surface area contributed by atoms with E-state index in [9.17, 15) is 0 Å². The number of hydrogen-bond donors (Lipinski definition) is 2. The molecule has 19 heavy (non-hydrogen) atoms. The quantitative estimate of drug-likeness (QED) is 0.873. The second kappa shape index (κ2) is 6.19. The zero-order valence-corrected chi connectivity index (χ0v) is 12.0. The molecular formula is C14H24N4O. The highest BCUT2D eigenvalue weighted by atomic mass is 16.5. The summed E-state index contributed by atoms with van der Waals surface area (Å²) in [5.41, 5.74) is 5.84. The Hall–Kier alpha value is -1.36. The van der Waals surface area contributed by atoms with Gasteiger partial charge in [0, 0.05) is 31.2 Å². The fourth-order valence-electron chi connectivity index (χ4n) is 2.38. The molecule has 0 radical (unpaired) electrons. The Morgan fingerprint density at radius 1 is 1.26 bits per heavy atom. The monoisotopic (exact) mass is 264 g/mol. The maximum Gasteiger partial charge on any atom is 0.135 e. The van der Waals surface area contributed by atoms with Gasteiger partial charge < -0.3 is 15.8 Å². The van der Waals surface area contributed by atoms with Crippen LogP contribution in [0.5, 0.6) is 0 Å². The van der Waals surface area contributed by atoms with Gasteiger partial charge in [0.05, 0.1) is 0 Å². The van der Waals surface area contributed by atoms with Gasteiger partial charge in [-0.1, -0.05) is 13.8 Å². The van der Waals surface area contributed by atoms with Gasteiger partial charge in [-0.15, -0.1) is 0 Å². The Kier molecular flexibility index (Phi) is 4.58. The maximum atomic E-state index is 5.84. The Morgan fingerprint density at radius 2 is 1.95 bits per heavy atom. The number of nitrogen functional groups attached to an aromatic ring is 1. The third-order valence-electron chi connectivity index (χ3n) is 3.63. The van der Waals surface area contributed by atoms with Crippen LogP contribution in [0.3, 0.4) is 0 Å². The van der Waals surface area contributed by atoms with Crippen LogP contribution < -0.4 is 11.1 Å². The molecule has 1 aromatic rings. The Morgan fingerprint density at radius 3 is 2.58 bits per heavy atom. The first kappa shape index (κ1) is 14.1. The molecule has 0 aliphatic carbocycles. The van der Waals surface area contributed by atoms with Crippen LogP contribution in [0.1, 0.15) is 45.4 Å². The van der Waals surface area contributed by atoms with Crippen molar-refractivity contribution < 1.29 is 4.74 Å². The largest absolute Gasteiger partial charge is 0.384 e. The van der Waals surface area contributed by atoms with Crippen LogP contribution in [0, 0.1) is 5.92 Å². The molecule has 106 valence electrons. The number of anilines is 2. The van der Waals surface area contributed by atoms with Crippen molar-refractivity contribution in [2.24, 2.45) is 5.92 Å². The van der Waals surface area contributed by atoms with Gasteiger partial charge in [-0.05, 0) is 25.7 Å². The van der Waals surface area contributed by atoms with Gasteiger partial charge in [0.1, 0.15) is 17.5 Å². The third kappa shape index (κ3) is 3.80. The minimum atomic E-state index is 0.280. The summed E-state index contributed by atoms with van der Waals surface area (Å²) < 4.78 is 5.40. The molecule has 1 aliphatic rings. The van der Waals surface area contributed by atoms with Crippen molar-refractivity contribution in [2.75, 3.05) is 24.3 Å². The van der Waals surface area contributed by atoms with Crippen molar-refractivity contribution in [3.8, 4) is 0 Å². The standard InChI is InChI=1S/C14H24N4O/c1-9(2)14-17-12(15)8-13(18-14)16-10(3)11-4-6-19-7-5-11/h8-11H,4-7H2,1-3H3,(H3,15,16,17,18). The molecule has 0 bridgehead atoms. The van der Waals surface area contributed by atoms with Gasteiger partial charge in [0.15, 0.2) is 0 Å². The van der Waals surface area contributed by atoms with Crippen molar-refractivity contribution in [1.29, 1.82) is 0 Å². The van der Waals surface area contributed by atoms with Gasteiger partial charge in [-0.25, -0.2) is 9.97 Å². The van der Waals surface area contributed by atoms with Gasteiger partial charge >= 0.3 is 0 Å². The molecule has 3 N–H and O–H groups in total. The predicted molar refractivity (Wildman–Crippen MR) is 77.2 cm³/mol. The molecule has 1 aliphatic heterocycles. The number of nitrogens with zero attached hydrogens (tertiary/aromatic N) is 2. The number of nitrogens with one attached hydrogen (secondary N) is 1. The summed E-state index contributed by atoms with van der Waals surface area (Å²) in [7, 11) is 0. The highest BCUT2D eigenvalue weighted by molar-refractivity contribution is 5.45. The second-order valence-electron chi connectivity index (χ2n) is 5.57. The van der Waals surface area contributed by atoms with E-state index in [0.717, 1.165) is 37.7 Å². The molecule has 0 amide bonds. The highest BCUT2D eigenvalue weighted by Gasteiger charge is 2.21. The van der Waals surface area contributed by atoms with Gasteiger partial charge in [0.25, 0.3) is 0 Å². The second-order valence-corrected chi connectivity index (χ2v) is 5.57. The maximum absolute atomic E-state index is 5.84. The summed E-state index contributed by atoms with van der Waals surface area (Å²) in [6.07, 6.45) is 2.21. The molecule has 1 saturated heterocycles. The fourth-order valence-corrected chi connectivity index (χ4v) is 2.38. The SMILES string of the molecule is CC(C)c1nc(N)cc(NC(C)C2CCOCC2)n1. The van der Waals surface area contributed by atoms with Crippen LogP contribution in [-0.4, -0.2) is 29.2 Å². The van der Waals surface area contributed by atoms with Gasteiger partial charge in [-0.3, -0.25) is 0 Å². The summed E-state index contributed by atoms with van der Waals surface area (Å²) in [4.78, 5) is 8.79. The lowest BCUT2D eigenvalue weighted by molar-refractivity contribution is 0.0622. The minimum Gasteiger partial charge on any atom is -0.384 e. The third-order valence-corrected chi connectivity index (χ3v) is 3.63. The topological polar surface area (TPSA) is 73.1 Å². The fraction of sp³-hybridized carbons (Fsp3) is 0.714. The lowest BCUT2D eigenvalue weighted by Gasteiger charge is -2.28. The van der Waals surface area contributed by atoms with E-state index in [1.165, 1.54) is 0 Å². The zero-order chi connectivity index (χ0) is 13.8. The van der Waals surface area contributed by atoms with Gasteiger partial charge in [-0.2, -0.15) is 0 Å². The smallest absolute Gasteiger partial charge is 0.135 e. The lowest BCUT2D eigenvalue weighted by atomic mass is 9.93. The van der Waals surface area contributed by atoms with E-state index >= 15 is 0 Å². The van der Waals surface area contributed by atoms with E-state index in [-0.39, 0.29) is 5.92 Å². The average molecular weight is 264 g/mol. The van der Waals surface area contributed by atoms with Crippen LogP contribution in [-0.2, 0) is 4.74 Å². The summed E-state index contributed by atoms with van der Waals surface area (Å²) in [5.74, 6) is 3.06. The van der Waals surface area contributed by atoms with Crippen LogP contribution in [0.25, 0.3) is 0 Å². The molecule has 1 fully saturated rings. The molecule has 2 heterocycles. The number of ether oxygens (including phenoxy) is 1. The summed E-state index contributed by atoms with van der Waals surface area (Å²) in [6, 6.07) is 2.18. The van der Waals surface area contributed by atoms with E-state index in [1.54, 1.807) is 0 Å². The van der Waals surface area contributed by atoms with E-state index in [4.69, 9.17) is 10.5 Å². The average Bonchev–Trinajstić information content (AvgIpc) is 2.39. The first-order valence-electron chi connectivity index (χ1n) is 7.05. The number of rotatable bonds is 4. The lowest BCUT2D eigenvalue weighted by Crippen LogP contribution is -2.31. The predicted octanol–water partition coefficient (Wildman–Crippen LogP) is 2.41. The number of hydrogen-bond acceptors (Lipinski definition) is 5. The summed E-state index contributed by atoms with van der Waals surface area (Å²) in [5, 5.41) is 3.46. The first-order valence-corrected chi connectivity index (χ1v) is 7.05. The van der Waals surface area contributed by atoms with Crippen molar-refractivity contribution in [1.82, 2.24) is 9.97 Å². The number of nitrogens with two attached hydrogens (primary N) is 1. The summed E-state index contributed by atoms with van der Waals surface area (Å²) in [6.45, 7) is 8.06. The molecular weight excluding hydrogens is 240 g/mol. The normalized spacial score (nSPS) is 18.5. The summed E-state index contributed by atoms with van der Waals surface area (Å²) >= 11 is 0. The molecule has 1 unspecified atom stereocenters. The molecule has 2 rings (SSSR count). The van der Waals surface area contributed by atoms with Crippen molar-refractivity contribution >= 4 is 11.6 Å². The van der Waals surface area contributed by atoms with Crippen molar-refractivity contribution in [2.45, 2.75) is 45.6 Å². The van der Waals surface area contributed by atoms with Crippen molar-refractivity contribution in [3.63, 3.8) is 0 Å². The Labute approximate surface area is 115 Å². The minimum absolute atomic E-state index is 0.280. The molecule has 0 saturated carbocycles. The van der Waals surface area contributed by atoms with Gasteiger partial charge in [0.2, 0.25) is 0 Å². The van der Waals surface area contributed by atoms with Crippen LogP contribution >= 0.6 is 0 Å². The molecule has 5 nitrogen and oxygen atoms in total. The Balaban J connectivity index is 2.05. The molecule has 1 aromatic heterocycles. The molecule has 0 aromatic carbocycles. The first-order chi connectivity index (χ1) is 9.06. The molecule has 0 spiro atoms. The van der Waals surface area contributed by atoms with E-state index < -0.39 is 0 Å². The van der Waals surface area contributed by atoms with Crippen molar-refractivity contribution in [3.05, 3.63) is 11.9 Å². The van der Waals surface area contributed by atoms with E-state index in [0.29, 0.717) is 17.8 Å². The molecule has 5 heteroatoms. The van der Waals surface area contributed by atoms with E-state index in [1.807, 2.05) is 6.07 Å². The van der Waals surface area contributed by atoms with E-state index in [2.05, 4.69) is 36.1 Å². The Bertz CT molecular complexity index is 416. The molecule has 1 atom stereocenters. The number of aromatic nitrogens is 2. The van der Waals surface area contributed by atoms with Crippen LogP contribution in [0.15, 0.2) is 6.07 Å².